The Balaban J connectivity index is 3.21. The highest BCUT2D eigenvalue weighted by Gasteiger charge is 2.31. The van der Waals surface area contributed by atoms with Gasteiger partial charge in [0, 0.05) is 11.6 Å². The van der Waals surface area contributed by atoms with E-state index in [1.54, 1.807) is 0 Å². The fourth-order valence-electron chi connectivity index (χ4n) is 0.890. The van der Waals surface area contributed by atoms with Gasteiger partial charge in [-0.3, -0.25) is 0 Å². The van der Waals surface area contributed by atoms with Crippen LogP contribution in [-0.2, 0) is 6.42 Å². The molecule has 0 unspecified atom stereocenters. The Hall–Kier alpha value is -1.27. The molecular weight excluding hydrogens is 229 g/mol. The zero-order valence-corrected chi connectivity index (χ0v) is 6.85. The Morgan fingerprint density at radius 1 is 0.867 bits per heavy atom. The SMILES string of the molecule is Fc1[c]c(CC(F)(F)F)c(F)c(F)c1F. The fourth-order valence-corrected chi connectivity index (χ4v) is 0.890. The summed E-state index contributed by atoms with van der Waals surface area (Å²) in [5.74, 6) is -8.51. The molecule has 7 heteroatoms. The zero-order valence-electron chi connectivity index (χ0n) is 6.85. The monoisotopic (exact) mass is 231 g/mol. The number of benzene rings is 1. The van der Waals surface area contributed by atoms with Gasteiger partial charge in [0.15, 0.2) is 23.3 Å². The molecule has 0 aliphatic rings. The molecule has 83 valence electrons. The molecule has 0 aliphatic carbocycles. The number of hydrogen-bond acceptors (Lipinski definition) is 0. The van der Waals surface area contributed by atoms with E-state index in [2.05, 4.69) is 0 Å². The van der Waals surface area contributed by atoms with Crippen molar-refractivity contribution in [1.29, 1.82) is 0 Å². The lowest BCUT2D eigenvalue weighted by molar-refractivity contribution is -0.127. The van der Waals surface area contributed by atoms with Crippen molar-refractivity contribution in [2.45, 2.75) is 12.6 Å². The van der Waals surface area contributed by atoms with Gasteiger partial charge >= 0.3 is 6.18 Å². The molecule has 1 radical (unpaired) electrons. The molecule has 0 N–H and O–H groups in total. The molecule has 0 saturated heterocycles. The molecule has 0 heterocycles. The van der Waals surface area contributed by atoms with E-state index >= 15 is 0 Å². The molecule has 0 amide bonds. The van der Waals surface area contributed by atoms with Crippen LogP contribution < -0.4 is 0 Å². The lowest BCUT2D eigenvalue weighted by Crippen LogP contribution is -2.15. The van der Waals surface area contributed by atoms with Crippen LogP contribution in [0.25, 0.3) is 0 Å². The second-order valence-corrected chi connectivity index (χ2v) is 2.65. The lowest BCUT2D eigenvalue weighted by Gasteiger charge is -2.08. The van der Waals surface area contributed by atoms with Crippen molar-refractivity contribution in [2.24, 2.45) is 0 Å². The predicted molar refractivity (Wildman–Crippen MR) is 34.9 cm³/mol. The van der Waals surface area contributed by atoms with E-state index in [0.717, 1.165) is 6.07 Å². The summed E-state index contributed by atoms with van der Waals surface area (Å²) in [6.45, 7) is 0. The van der Waals surface area contributed by atoms with Crippen LogP contribution in [0, 0.1) is 29.3 Å². The molecule has 0 bridgehead atoms. The Morgan fingerprint density at radius 2 is 1.40 bits per heavy atom. The van der Waals surface area contributed by atoms with Crippen LogP contribution in [0.5, 0.6) is 0 Å². The lowest BCUT2D eigenvalue weighted by atomic mass is 10.1. The third-order valence-electron chi connectivity index (χ3n) is 1.48. The van der Waals surface area contributed by atoms with Gasteiger partial charge in [-0.15, -0.1) is 0 Å². The normalized spacial score (nSPS) is 11.9. The summed E-state index contributed by atoms with van der Waals surface area (Å²) in [4.78, 5) is 0. The Labute approximate surface area is 79.3 Å². The van der Waals surface area contributed by atoms with Gasteiger partial charge in [0.05, 0.1) is 6.42 Å². The van der Waals surface area contributed by atoms with Crippen molar-refractivity contribution >= 4 is 0 Å². The highest BCUT2D eigenvalue weighted by Crippen LogP contribution is 2.25. The van der Waals surface area contributed by atoms with Crippen molar-refractivity contribution in [2.75, 3.05) is 0 Å². The maximum Gasteiger partial charge on any atom is 0.393 e. The molecule has 0 nitrogen and oxygen atoms in total. The molecule has 0 spiro atoms. The summed E-state index contributed by atoms with van der Waals surface area (Å²) < 4.78 is 85.1. The summed E-state index contributed by atoms with van der Waals surface area (Å²) in [6, 6.07) is 1.16. The maximum absolute atomic E-state index is 12.7. The Morgan fingerprint density at radius 3 is 1.87 bits per heavy atom. The van der Waals surface area contributed by atoms with Crippen LogP contribution in [0.1, 0.15) is 5.56 Å². The molecule has 1 rings (SSSR count). The van der Waals surface area contributed by atoms with Crippen molar-refractivity contribution in [3.05, 3.63) is 34.9 Å². The highest BCUT2D eigenvalue weighted by molar-refractivity contribution is 5.21. The van der Waals surface area contributed by atoms with Gasteiger partial charge in [0.25, 0.3) is 0 Å². The number of hydrogen-bond donors (Lipinski definition) is 0. The van der Waals surface area contributed by atoms with E-state index in [-0.39, 0.29) is 0 Å². The first kappa shape index (κ1) is 11.8. The smallest absolute Gasteiger partial charge is 0.203 e. The molecular formula is C8H2F7. The van der Waals surface area contributed by atoms with Gasteiger partial charge in [-0.2, -0.15) is 13.2 Å². The molecule has 0 aromatic heterocycles. The van der Waals surface area contributed by atoms with Gasteiger partial charge in [-0.1, -0.05) is 0 Å². The van der Waals surface area contributed by atoms with Crippen LogP contribution in [0.2, 0.25) is 0 Å². The second kappa shape index (κ2) is 3.71. The third-order valence-corrected chi connectivity index (χ3v) is 1.48. The minimum absolute atomic E-state index is 1.16. The number of halogens is 7. The van der Waals surface area contributed by atoms with Gasteiger partial charge in [0.1, 0.15) is 0 Å². The van der Waals surface area contributed by atoms with Crippen molar-refractivity contribution < 1.29 is 30.7 Å². The standard InChI is InChI=1S/C8H2F7/c9-4-1-3(2-8(13,14)15)5(10)7(12)6(4)11/h2H2. The minimum Gasteiger partial charge on any atom is -0.203 e. The van der Waals surface area contributed by atoms with E-state index in [4.69, 9.17) is 0 Å². The zero-order chi connectivity index (χ0) is 11.8. The van der Waals surface area contributed by atoms with E-state index in [9.17, 15) is 30.7 Å². The summed E-state index contributed by atoms with van der Waals surface area (Å²) in [5, 5.41) is 0. The van der Waals surface area contributed by atoms with E-state index in [1.165, 1.54) is 0 Å². The van der Waals surface area contributed by atoms with E-state index in [1.807, 2.05) is 0 Å². The number of rotatable bonds is 1. The first-order valence-electron chi connectivity index (χ1n) is 3.53. The quantitative estimate of drug-likeness (QED) is 0.395. The van der Waals surface area contributed by atoms with Crippen molar-refractivity contribution in [1.82, 2.24) is 0 Å². The first-order valence-corrected chi connectivity index (χ1v) is 3.53. The largest absolute Gasteiger partial charge is 0.393 e. The maximum atomic E-state index is 12.7. The van der Waals surface area contributed by atoms with Crippen molar-refractivity contribution in [3.8, 4) is 0 Å². The molecule has 0 atom stereocenters. The second-order valence-electron chi connectivity index (χ2n) is 2.65. The number of alkyl halides is 3. The van der Waals surface area contributed by atoms with E-state index in [0.29, 0.717) is 0 Å². The minimum atomic E-state index is -4.85. The topological polar surface area (TPSA) is 0 Å². The molecule has 1 aromatic rings. The molecule has 1 aromatic carbocycles. The average molecular weight is 231 g/mol. The van der Waals surface area contributed by atoms with Crippen LogP contribution in [0.4, 0.5) is 30.7 Å². The summed E-state index contributed by atoms with van der Waals surface area (Å²) in [6.07, 6.45) is -6.76. The average Bonchev–Trinajstić information content (AvgIpc) is 2.08. The third kappa shape index (κ3) is 2.60. The van der Waals surface area contributed by atoms with Gasteiger partial charge in [-0.05, 0) is 0 Å². The summed E-state index contributed by atoms with van der Waals surface area (Å²) >= 11 is 0. The first-order chi connectivity index (χ1) is 6.72. The summed E-state index contributed by atoms with van der Waals surface area (Å²) in [5.41, 5.74) is -1.39. The van der Waals surface area contributed by atoms with Gasteiger partial charge < -0.3 is 0 Å². The van der Waals surface area contributed by atoms with Crippen LogP contribution >= 0.6 is 0 Å². The molecule has 15 heavy (non-hydrogen) atoms. The van der Waals surface area contributed by atoms with Crippen LogP contribution in [-0.4, -0.2) is 6.18 Å². The van der Waals surface area contributed by atoms with Gasteiger partial charge in [-0.25, -0.2) is 17.6 Å². The van der Waals surface area contributed by atoms with Gasteiger partial charge in [0.2, 0.25) is 0 Å². The predicted octanol–water partition coefficient (Wildman–Crippen LogP) is 3.15. The van der Waals surface area contributed by atoms with Crippen molar-refractivity contribution in [3.63, 3.8) is 0 Å². The molecule has 0 saturated carbocycles. The van der Waals surface area contributed by atoms with Crippen LogP contribution in [0.3, 0.4) is 0 Å². The summed E-state index contributed by atoms with van der Waals surface area (Å²) in [7, 11) is 0. The fraction of sp³-hybridized carbons (Fsp3) is 0.250. The Kier molecular flexibility index (Phi) is 2.92. The molecule has 0 aliphatic heterocycles. The van der Waals surface area contributed by atoms with Crippen LogP contribution in [0.15, 0.2) is 0 Å². The Bertz CT molecular complexity index is 380. The van der Waals surface area contributed by atoms with E-state index < -0.39 is 41.4 Å². The highest BCUT2D eigenvalue weighted by atomic mass is 19.4. The molecule has 0 fully saturated rings.